The van der Waals surface area contributed by atoms with Gasteiger partial charge in [0.15, 0.2) is 11.5 Å². The molecule has 0 saturated heterocycles. The van der Waals surface area contributed by atoms with Crippen LogP contribution in [0.25, 0.3) is 39.5 Å². The Bertz CT molecular complexity index is 1810. The maximum Gasteiger partial charge on any atom is 0.309 e. The molecule has 0 bridgehead atoms. The van der Waals surface area contributed by atoms with Gasteiger partial charge in [-0.2, -0.15) is 0 Å². The first-order chi connectivity index (χ1) is 20.2. The summed E-state index contributed by atoms with van der Waals surface area (Å²) < 4.78 is 1.93. The van der Waals surface area contributed by atoms with Crippen molar-refractivity contribution >= 4 is 34.7 Å². The lowest BCUT2D eigenvalue weighted by Gasteiger charge is -2.33. The molecule has 4 heterocycles. The second-order valence-corrected chi connectivity index (χ2v) is 11.0. The molecule has 0 unspecified atom stereocenters. The molecule has 42 heavy (non-hydrogen) atoms. The van der Waals surface area contributed by atoms with Gasteiger partial charge in [-0.05, 0) is 75.9 Å². The van der Waals surface area contributed by atoms with Crippen LogP contribution >= 0.6 is 0 Å². The number of benzene rings is 1. The minimum absolute atomic E-state index is 0.145. The van der Waals surface area contributed by atoms with E-state index in [-0.39, 0.29) is 11.8 Å². The van der Waals surface area contributed by atoms with Crippen molar-refractivity contribution in [2.45, 2.75) is 39.5 Å². The summed E-state index contributed by atoms with van der Waals surface area (Å²) >= 11 is 0. The fourth-order valence-electron chi connectivity index (χ4n) is 5.56. The van der Waals surface area contributed by atoms with Crippen LogP contribution in [0, 0.1) is 18.3 Å². The van der Waals surface area contributed by atoms with E-state index in [2.05, 4.69) is 10.3 Å². The average molecular weight is 562 g/mol. The first kappa shape index (κ1) is 27.1. The van der Waals surface area contributed by atoms with Crippen molar-refractivity contribution in [1.82, 2.24) is 24.5 Å². The summed E-state index contributed by atoms with van der Waals surface area (Å²) in [5.41, 5.74) is 10.7. The number of carboxylic acids is 1. The number of anilines is 2. The van der Waals surface area contributed by atoms with Crippen molar-refractivity contribution in [2.75, 3.05) is 11.1 Å². The van der Waals surface area contributed by atoms with Gasteiger partial charge in [0.2, 0.25) is 5.91 Å². The molecular formula is C32H31N7O3. The summed E-state index contributed by atoms with van der Waals surface area (Å²) in [6.45, 7) is 3.62. The van der Waals surface area contributed by atoms with E-state index >= 15 is 0 Å². The molecule has 5 aromatic rings. The van der Waals surface area contributed by atoms with Gasteiger partial charge in [0, 0.05) is 17.7 Å². The number of nitrogen functional groups attached to an aromatic ring is 1. The zero-order valence-electron chi connectivity index (χ0n) is 23.4. The standard InChI is InChI=1S/C32H31N7O3/c1-19-25(12-13-26(35-19)38-30(40)21-14-16-32(2,17-15-21)31(41)42)39-28(22-9-6-18-34-27(22)33)37-24-11-10-23(36-29(24)39)20-7-4-3-5-8-20/h3-13,18,21H,14-17H2,1-2H3,(H2,33,34)(H,41,42)(H,35,38,40). The number of amides is 1. The number of carbonyl (C=O) groups excluding carboxylic acids is 1. The molecule has 1 aliphatic rings. The molecule has 0 atom stereocenters. The van der Waals surface area contributed by atoms with Gasteiger partial charge in [-0.3, -0.25) is 14.2 Å². The Labute approximate surface area is 242 Å². The predicted octanol–water partition coefficient (Wildman–Crippen LogP) is 5.65. The second-order valence-electron chi connectivity index (χ2n) is 11.0. The van der Waals surface area contributed by atoms with Gasteiger partial charge in [-0.15, -0.1) is 0 Å². The number of aryl methyl sites for hydroxylation is 1. The Kier molecular flexibility index (Phi) is 6.89. The van der Waals surface area contributed by atoms with Gasteiger partial charge in [0.05, 0.1) is 28.1 Å². The van der Waals surface area contributed by atoms with E-state index in [1.165, 1.54) is 0 Å². The van der Waals surface area contributed by atoms with Crippen LogP contribution in [0.4, 0.5) is 11.6 Å². The van der Waals surface area contributed by atoms with E-state index in [9.17, 15) is 14.7 Å². The smallest absolute Gasteiger partial charge is 0.309 e. The quantitative estimate of drug-likeness (QED) is 0.241. The van der Waals surface area contributed by atoms with Crippen molar-refractivity contribution in [3.8, 4) is 28.3 Å². The van der Waals surface area contributed by atoms with Crippen LogP contribution in [0.15, 0.2) is 72.9 Å². The third-order valence-corrected chi connectivity index (χ3v) is 8.18. The predicted molar refractivity (Wildman–Crippen MR) is 161 cm³/mol. The average Bonchev–Trinajstić information content (AvgIpc) is 3.36. The zero-order valence-corrected chi connectivity index (χ0v) is 23.4. The van der Waals surface area contributed by atoms with E-state index in [0.29, 0.717) is 65.6 Å². The van der Waals surface area contributed by atoms with Gasteiger partial charge < -0.3 is 16.2 Å². The molecule has 6 rings (SSSR count). The Hall–Kier alpha value is -5.12. The maximum atomic E-state index is 13.1. The fraction of sp³-hybridized carbons (Fsp3) is 0.250. The second kappa shape index (κ2) is 10.7. The van der Waals surface area contributed by atoms with Crippen molar-refractivity contribution in [1.29, 1.82) is 0 Å². The molecular weight excluding hydrogens is 530 g/mol. The molecule has 1 fully saturated rings. The lowest BCUT2D eigenvalue weighted by molar-refractivity contribution is -0.151. The SMILES string of the molecule is Cc1nc(NC(=O)C2CCC(C)(C(=O)O)CC2)ccc1-n1c(-c2cccnc2N)nc2ccc(-c3ccccc3)nc21. The molecule has 0 spiro atoms. The molecule has 4 N–H and O–H groups in total. The molecule has 212 valence electrons. The summed E-state index contributed by atoms with van der Waals surface area (Å²) in [7, 11) is 0. The molecule has 0 radical (unpaired) electrons. The topological polar surface area (TPSA) is 149 Å². The number of nitrogens with zero attached hydrogens (tertiary/aromatic N) is 5. The Morgan fingerprint density at radius 1 is 0.976 bits per heavy atom. The number of imidazole rings is 1. The molecule has 1 amide bonds. The number of pyridine rings is 3. The summed E-state index contributed by atoms with van der Waals surface area (Å²) in [5, 5.41) is 12.4. The van der Waals surface area contributed by atoms with Gasteiger partial charge >= 0.3 is 5.97 Å². The minimum Gasteiger partial charge on any atom is -0.481 e. The molecule has 10 heteroatoms. The lowest BCUT2D eigenvalue weighted by atomic mass is 9.71. The van der Waals surface area contributed by atoms with Crippen LogP contribution in [-0.4, -0.2) is 41.5 Å². The van der Waals surface area contributed by atoms with Gasteiger partial charge in [0.25, 0.3) is 0 Å². The highest BCUT2D eigenvalue weighted by Gasteiger charge is 2.39. The number of rotatable bonds is 6. The summed E-state index contributed by atoms with van der Waals surface area (Å²) in [6.07, 6.45) is 3.63. The molecule has 1 saturated carbocycles. The number of hydrogen-bond acceptors (Lipinski definition) is 7. The van der Waals surface area contributed by atoms with E-state index in [0.717, 1.165) is 16.9 Å². The van der Waals surface area contributed by atoms with Crippen LogP contribution < -0.4 is 11.1 Å². The highest BCUT2D eigenvalue weighted by atomic mass is 16.4. The Balaban J connectivity index is 1.37. The third-order valence-electron chi connectivity index (χ3n) is 8.18. The summed E-state index contributed by atoms with van der Waals surface area (Å²) in [4.78, 5) is 43.5. The molecule has 10 nitrogen and oxygen atoms in total. The first-order valence-electron chi connectivity index (χ1n) is 13.9. The van der Waals surface area contributed by atoms with Crippen molar-refractivity contribution in [3.05, 3.63) is 78.6 Å². The Morgan fingerprint density at radius 2 is 1.74 bits per heavy atom. The van der Waals surface area contributed by atoms with E-state index in [1.807, 2.05) is 72.2 Å². The highest BCUT2D eigenvalue weighted by molar-refractivity contribution is 5.92. The third kappa shape index (κ3) is 4.96. The van der Waals surface area contributed by atoms with Crippen molar-refractivity contribution in [3.63, 3.8) is 0 Å². The summed E-state index contributed by atoms with van der Waals surface area (Å²) in [5.74, 6) is 0.152. The van der Waals surface area contributed by atoms with Gasteiger partial charge in [-0.1, -0.05) is 30.3 Å². The van der Waals surface area contributed by atoms with Crippen LogP contribution in [-0.2, 0) is 9.59 Å². The zero-order chi connectivity index (χ0) is 29.4. The number of carbonyl (C=O) groups is 2. The lowest BCUT2D eigenvalue weighted by Crippen LogP contribution is -2.36. The number of fused-ring (bicyclic) bond motifs is 1. The van der Waals surface area contributed by atoms with Crippen molar-refractivity contribution in [2.24, 2.45) is 11.3 Å². The fourth-order valence-corrected chi connectivity index (χ4v) is 5.56. The number of aliphatic carboxylic acids is 1. The van der Waals surface area contributed by atoms with Crippen molar-refractivity contribution < 1.29 is 14.7 Å². The molecule has 4 aromatic heterocycles. The molecule has 1 aliphatic carbocycles. The van der Waals surface area contributed by atoms with Crippen LogP contribution in [0.3, 0.4) is 0 Å². The normalized spacial score (nSPS) is 18.6. The largest absolute Gasteiger partial charge is 0.481 e. The van der Waals surface area contributed by atoms with Crippen LogP contribution in [0.1, 0.15) is 38.3 Å². The molecule has 1 aromatic carbocycles. The van der Waals surface area contributed by atoms with E-state index < -0.39 is 11.4 Å². The first-order valence-corrected chi connectivity index (χ1v) is 13.9. The van der Waals surface area contributed by atoms with E-state index in [4.69, 9.17) is 20.7 Å². The van der Waals surface area contributed by atoms with Gasteiger partial charge in [0.1, 0.15) is 17.2 Å². The van der Waals surface area contributed by atoms with Crippen LogP contribution in [0.2, 0.25) is 0 Å². The number of carboxylic acid groups (broad SMARTS) is 1. The highest BCUT2D eigenvalue weighted by Crippen LogP contribution is 2.39. The van der Waals surface area contributed by atoms with Crippen LogP contribution in [0.5, 0.6) is 0 Å². The van der Waals surface area contributed by atoms with Gasteiger partial charge in [-0.25, -0.2) is 19.9 Å². The Morgan fingerprint density at radius 3 is 2.43 bits per heavy atom. The molecule has 0 aliphatic heterocycles. The van der Waals surface area contributed by atoms with E-state index in [1.54, 1.807) is 19.2 Å². The minimum atomic E-state index is -0.806. The number of hydrogen-bond donors (Lipinski definition) is 3. The number of aromatic nitrogens is 5. The maximum absolute atomic E-state index is 13.1. The summed E-state index contributed by atoms with van der Waals surface area (Å²) in [6, 6.07) is 21.1. The number of nitrogens with two attached hydrogens (primary N) is 1. The monoisotopic (exact) mass is 561 g/mol. The number of nitrogens with one attached hydrogen (secondary N) is 1.